The van der Waals surface area contributed by atoms with Crippen molar-refractivity contribution in [3.8, 4) is 5.75 Å². The van der Waals surface area contributed by atoms with Crippen LogP contribution in [0.2, 0.25) is 0 Å². The van der Waals surface area contributed by atoms with Crippen molar-refractivity contribution in [2.45, 2.75) is 69.6 Å². The van der Waals surface area contributed by atoms with Crippen molar-refractivity contribution < 1.29 is 27.9 Å². The molecule has 8 nitrogen and oxygen atoms in total. The van der Waals surface area contributed by atoms with E-state index in [1.165, 1.54) is 17.0 Å². The lowest BCUT2D eigenvalue weighted by Gasteiger charge is -2.48. The zero-order valence-corrected chi connectivity index (χ0v) is 26.9. The SMILES string of the molecule is Cc1ccc(S(=O)(=O)CCOC(=O)C2=CCS[C@H]3[C@H](CN=Cc4cc(C(C)(C)C)c(O)c(C(C)(C)C)c4)C(=O)N23)cc1. The lowest BCUT2D eigenvalue weighted by molar-refractivity contribution is -0.153. The van der Waals surface area contributed by atoms with Gasteiger partial charge < -0.3 is 9.84 Å². The number of fused-ring (bicyclic) bond motifs is 1. The number of phenolic OH excluding ortho intramolecular Hbond substituents is 1. The molecular formula is C32H40N2O6S2. The number of nitrogens with zero attached hydrogens (tertiary/aromatic N) is 2. The van der Waals surface area contributed by atoms with Gasteiger partial charge in [-0.25, -0.2) is 13.2 Å². The van der Waals surface area contributed by atoms with Crippen molar-refractivity contribution in [3.05, 3.63) is 70.4 Å². The van der Waals surface area contributed by atoms with Crippen molar-refractivity contribution in [2.75, 3.05) is 24.7 Å². The van der Waals surface area contributed by atoms with Crippen molar-refractivity contribution >= 4 is 39.7 Å². The molecule has 0 bridgehead atoms. The van der Waals surface area contributed by atoms with E-state index < -0.39 is 15.8 Å². The third-order valence-corrected chi connectivity index (χ3v) is 10.4. The quantitative estimate of drug-likeness (QED) is 0.249. The van der Waals surface area contributed by atoms with Crippen LogP contribution in [0.5, 0.6) is 5.75 Å². The van der Waals surface area contributed by atoms with Crippen LogP contribution in [0.15, 0.2) is 58.1 Å². The Kier molecular flexibility index (Phi) is 9.00. The summed E-state index contributed by atoms with van der Waals surface area (Å²) in [6.07, 6.45) is 3.39. The van der Waals surface area contributed by atoms with Gasteiger partial charge in [0.25, 0.3) is 0 Å². The number of carbonyl (C=O) groups excluding carboxylic acids is 2. The van der Waals surface area contributed by atoms with Crippen molar-refractivity contribution in [1.29, 1.82) is 0 Å². The Morgan fingerprint density at radius 3 is 2.26 bits per heavy atom. The van der Waals surface area contributed by atoms with E-state index in [-0.39, 0.29) is 57.5 Å². The molecule has 0 aliphatic carbocycles. The van der Waals surface area contributed by atoms with E-state index in [1.807, 2.05) is 19.1 Å². The van der Waals surface area contributed by atoms with Gasteiger partial charge in [-0.1, -0.05) is 59.2 Å². The highest BCUT2D eigenvalue weighted by molar-refractivity contribution is 8.00. The number of rotatable bonds is 8. The number of β-lactam (4-membered cyclic amide) rings is 1. The highest BCUT2D eigenvalue weighted by Gasteiger charge is 2.52. The molecule has 1 amide bonds. The molecule has 0 saturated carbocycles. The van der Waals surface area contributed by atoms with Gasteiger partial charge in [0.2, 0.25) is 5.91 Å². The van der Waals surface area contributed by atoms with E-state index in [9.17, 15) is 23.1 Å². The smallest absolute Gasteiger partial charge is 0.354 e. The summed E-state index contributed by atoms with van der Waals surface area (Å²) < 4.78 is 30.4. The van der Waals surface area contributed by atoms with Gasteiger partial charge in [0, 0.05) is 23.1 Å². The summed E-state index contributed by atoms with van der Waals surface area (Å²) in [7, 11) is -3.60. The molecule has 0 unspecified atom stereocenters. The first kappa shape index (κ1) is 31.8. The zero-order valence-electron chi connectivity index (χ0n) is 25.3. The molecule has 10 heteroatoms. The van der Waals surface area contributed by atoms with E-state index in [4.69, 9.17) is 4.74 Å². The van der Waals surface area contributed by atoms with Gasteiger partial charge in [-0.05, 0) is 53.7 Å². The molecule has 2 aromatic rings. The van der Waals surface area contributed by atoms with Gasteiger partial charge in [0.15, 0.2) is 9.84 Å². The largest absolute Gasteiger partial charge is 0.507 e. The molecule has 1 saturated heterocycles. The van der Waals surface area contributed by atoms with Crippen LogP contribution in [0, 0.1) is 12.8 Å². The highest BCUT2D eigenvalue weighted by atomic mass is 32.2. The molecular weight excluding hydrogens is 572 g/mol. The van der Waals surface area contributed by atoms with Crippen LogP contribution in [0.1, 0.15) is 63.8 Å². The molecule has 0 aromatic heterocycles. The van der Waals surface area contributed by atoms with Crippen LogP contribution >= 0.6 is 11.8 Å². The number of hydrogen-bond acceptors (Lipinski definition) is 8. The predicted octanol–water partition coefficient (Wildman–Crippen LogP) is 5.15. The van der Waals surface area contributed by atoms with Crippen LogP contribution < -0.4 is 0 Å². The number of esters is 1. The van der Waals surface area contributed by atoms with Crippen LogP contribution in [0.3, 0.4) is 0 Å². The van der Waals surface area contributed by atoms with E-state index in [0.29, 0.717) is 11.5 Å². The molecule has 2 heterocycles. The molecule has 226 valence electrons. The number of benzene rings is 2. The van der Waals surface area contributed by atoms with Gasteiger partial charge in [-0.2, -0.15) is 0 Å². The Bertz CT molecular complexity index is 1500. The van der Waals surface area contributed by atoms with E-state index in [0.717, 1.165) is 22.3 Å². The maximum Gasteiger partial charge on any atom is 0.354 e. The fourth-order valence-corrected chi connectivity index (χ4v) is 7.31. The molecule has 2 aliphatic rings. The van der Waals surface area contributed by atoms with Crippen LogP contribution in [0.25, 0.3) is 0 Å². The number of aliphatic imine (C=N–C) groups is 1. The third kappa shape index (κ3) is 6.75. The number of aromatic hydroxyl groups is 1. The Morgan fingerprint density at radius 1 is 1.10 bits per heavy atom. The number of phenols is 1. The summed E-state index contributed by atoms with van der Waals surface area (Å²) in [5.74, 6) is -0.813. The average molecular weight is 613 g/mol. The maximum atomic E-state index is 13.1. The monoisotopic (exact) mass is 612 g/mol. The minimum Gasteiger partial charge on any atom is -0.507 e. The average Bonchev–Trinajstić information content (AvgIpc) is 2.89. The molecule has 0 radical (unpaired) electrons. The van der Waals surface area contributed by atoms with E-state index >= 15 is 0 Å². The van der Waals surface area contributed by atoms with Crippen molar-refractivity contribution in [1.82, 2.24) is 4.90 Å². The first-order chi connectivity index (χ1) is 19.5. The third-order valence-electron chi connectivity index (χ3n) is 7.42. The Hall–Kier alpha value is -3.11. The lowest BCUT2D eigenvalue weighted by atomic mass is 9.78. The first-order valence-electron chi connectivity index (χ1n) is 14.0. The van der Waals surface area contributed by atoms with Gasteiger partial charge >= 0.3 is 5.97 Å². The van der Waals surface area contributed by atoms with Crippen LogP contribution in [-0.2, 0) is 35.0 Å². The minimum absolute atomic E-state index is 0.153. The lowest BCUT2D eigenvalue weighted by Crippen LogP contribution is -2.61. The summed E-state index contributed by atoms with van der Waals surface area (Å²) in [5.41, 5.74) is 3.10. The number of thioether (sulfide) groups is 1. The number of aryl methyl sites for hydroxylation is 1. The number of ether oxygens (including phenoxy) is 1. The van der Waals surface area contributed by atoms with Gasteiger partial charge in [0.05, 0.1) is 28.5 Å². The van der Waals surface area contributed by atoms with E-state index in [2.05, 4.69) is 46.5 Å². The Morgan fingerprint density at radius 2 is 1.69 bits per heavy atom. The normalized spacial score (nSPS) is 19.4. The summed E-state index contributed by atoms with van der Waals surface area (Å²) in [6.45, 7) is 14.1. The van der Waals surface area contributed by atoms with Crippen LogP contribution in [-0.4, -0.2) is 66.5 Å². The molecule has 0 spiro atoms. The molecule has 1 fully saturated rings. The number of amides is 1. The molecule has 2 aromatic carbocycles. The molecule has 4 rings (SSSR count). The summed E-state index contributed by atoms with van der Waals surface area (Å²) in [6, 6.07) is 10.4. The number of carbonyl (C=O) groups is 2. The highest BCUT2D eigenvalue weighted by Crippen LogP contribution is 2.42. The Labute approximate surface area is 253 Å². The zero-order chi connectivity index (χ0) is 31.0. The van der Waals surface area contributed by atoms with Gasteiger partial charge in [0.1, 0.15) is 18.1 Å². The molecule has 2 atom stereocenters. The second kappa shape index (κ2) is 11.9. The molecule has 42 heavy (non-hydrogen) atoms. The number of hydrogen-bond donors (Lipinski definition) is 1. The predicted molar refractivity (Wildman–Crippen MR) is 167 cm³/mol. The fourth-order valence-electron chi connectivity index (χ4n) is 4.97. The summed E-state index contributed by atoms with van der Waals surface area (Å²) in [4.78, 5) is 32.1. The fraction of sp³-hybridized carbons (Fsp3) is 0.469. The first-order valence-corrected chi connectivity index (χ1v) is 16.7. The maximum absolute atomic E-state index is 13.1. The molecule has 1 N–H and O–H groups in total. The van der Waals surface area contributed by atoms with Crippen molar-refractivity contribution in [3.63, 3.8) is 0 Å². The van der Waals surface area contributed by atoms with Gasteiger partial charge in [-0.15, -0.1) is 11.8 Å². The second-order valence-electron chi connectivity index (χ2n) is 12.9. The topological polar surface area (TPSA) is 113 Å². The van der Waals surface area contributed by atoms with Gasteiger partial charge in [-0.3, -0.25) is 14.7 Å². The second-order valence-corrected chi connectivity index (χ2v) is 16.1. The standard InChI is InChI=1S/C32H40N2O6S2/c1-20-8-10-22(11-9-20)42(38,39)15-13-40-30(37)26-12-14-41-29-23(28(36)34(26)29)19-33-18-21-16-24(31(2,3)4)27(35)25(17-21)32(5,6)7/h8-12,16-18,23,29,35H,13-15,19H2,1-7H3/t23-,29+/m1/s1. The minimum atomic E-state index is -3.60. The number of sulfone groups is 1. The summed E-state index contributed by atoms with van der Waals surface area (Å²) >= 11 is 1.55. The molecule has 2 aliphatic heterocycles. The summed E-state index contributed by atoms with van der Waals surface area (Å²) in [5, 5.41) is 10.7. The van der Waals surface area contributed by atoms with Crippen LogP contribution in [0.4, 0.5) is 0 Å². The van der Waals surface area contributed by atoms with Crippen molar-refractivity contribution in [2.24, 2.45) is 10.9 Å². The Balaban J connectivity index is 1.39. The van der Waals surface area contributed by atoms with E-state index in [1.54, 1.807) is 36.2 Å².